The number of halogens is 2. The van der Waals surface area contributed by atoms with Crippen LogP contribution in [0.25, 0.3) is 5.69 Å². The zero-order valence-electron chi connectivity index (χ0n) is 17.5. The summed E-state index contributed by atoms with van der Waals surface area (Å²) in [5.41, 5.74) is 1.94. The average molecular weight is 486 g/mol. The third-order valence-corrected chi connectivity index (χ3v) is 6.35. The monoisotopic (exact) mass is 485 g/mol. The molecule has 0 aliphatic rings. The molecule has 0 aliphatic carbocycles. The minimum atomic E-state index is -0.329. The quantitative estimate of drug-likeness (QED) is 0.251. The van der Waals surface area contributed by atoms with E-state index in [1.54, 1.807) is 24.9 Å². The molecule has 0 radical (unpaired) electrons. The predicted octanol–water partition coefficient (Wildman–Crippen LogP) is 7.02. The topological polar surface area (TPSA) is 49.2 Å². The molecule has 1 heterocycles. The Morgan fingerprint density at radius 2 is 1.66 bits per heavy atom. The lowest BCUT2D eigenvalue weighted by Crippen LogP contribution is -2.11. The summed E-state index contributed by atoms with van der Waals surface area (Å²) < 4.78 is 13.4. The number of para-hydroxylation sites is 1. The second-order valence-corrected chi connectivity index (χ2v) is 8.76. The fraction of sp³-hybridized carbons (Fsp3) is 0.167. The molecule has 1 atom stereocenters. The second kappa shape index (κ2) is 10.3. The largest absolute Gasteiger partial charge is 0.497 e. The lowest BCUT2D eigenvalue weighted by molar-refractivity contribution is 0.213. The van der Waals surface area contributed by atoms with Gasteiger partial charge in [-0.1, -0.05) is 59.2 Å². The summed E-state index contributed by atoms with van der Waals surface area (Å²) in [6, 6.07) is 23.0. The van der Waals surface area contributed by atoms with E-state index in [1.807, 2.05) is 78.2 Å². The van der Waals surface area contributed by atoms with Crippen molar-refractivity contribution in [1.29, 1.82) is 0 Å². The van der Waals surface area contributed by atoms with Crippen molar-refractivity contribution in [3.63, 3.8) is 0 Å². The predicted molar refractivity (Wildman–Crippen MR) is 129 cm³/mol. The number of aromatic nitrogens is 3. The third kappa shape index (κ3) is 5.21. The lowest BCUT2D eigenvalue weighted by atomic mass is 10.2. The van der Waals surface area contributed by atoms with Gasteiger partial charge in [-0.3, -0.25) is 4.57 Å². The molecule has 5 nitrogen and oxygen atoms in total. The van der Waals surface area contributed by atoms with Gasteiger partial charge in [0.1, 0.15) is 11.5 Å². The molecule has 164 valence electrons. The lowest BCUT2D eigenvalue weighted by Gasteiger charge is -2.17. The van der Waals surface area contributed by atoms with E-state index in [4.69, 9.17) is 32.7 Å². The summed E-state index contributed by atoms with van der Waals surface area (Å²) in [4.78, 5) is 0. The first kappa shape index (κ1) is 22.5. The number of rotatable bonds is 8. The Labute approximate surface area is 201 Å². The van der Waals surface area contributed by atoms with Gasteiger partial charge in [-0.25, -0.2) is 0 Å². The maximum Gasteiger partial charge on any atom is 0.196 e. The fourth-order valence-corrected chi connectivity index (χ4v) is 4.67. The van der Waals surface area contributed by atoms with E-state index in [0.717, 1.165) is 27.9 Å². The smallest absolute Gasteiger partial charge is 0.196 e. The summed E-state index contributed by atoms with van der Waals surface area (Å²) in [6.45, 7) is 1.96. The van der Waals surface area contributed by atoms with Gasteiger partial charge < -0.3 is 9.47 Å². The van der Waals surface area contributed by atoms with Crippen LogP contribution in [0.1, 0.15) is 24.4 Å². The van der Waals surface area contributed by atoms with Crippen LogP contribution in [-0.4, -0.2) is 21.9 Å². The van der Waals surface area contributed by atoms with Gasteiger partial charge >= 0.3 is 0 Å². The van der Waals surface area contributed by atoms with Crippen LogP contribution in [0, 0.1) is 0 Å². The maximum absolute atomic E-state index is 6.35. The van der Waals surface area contributed by atoms with E-state index in [0.29, 0.717) is 21.6 Å². The number of hydrogen-bond acceptors (Lipinski definition) is 5. The average Bonchev–Trinajstić information content (AvgIpc) is 3.24. The Balaban J connectivity index is 1.61. The summed E-state index contributed by atoms with van der Waals surface area (Å²) in [6.07, 6.45) is -0.329. The Kier molecular flexibility index (Phi) is 7.25. The molecule has 8 heteroatoms. The van der Waals surface area contributed by atoms with Crippen LogP contribution in [0.2, 0.25) is 10.0 Å². The number of thioether (sulfide) groups is 1. The van der Waals surface area contributed by atoms with E-state index < -0.39 is 0 Å². The highest BCUT2D eigenvalue weighted by Crippen LogP contribution is 2.32. The van der Waals surface area contributed by atoms with Gasteiger partial charge in [-0.2, -0.15) is 0 Å². The fourth-order valence-electron chi connectivity index (χ4n) is 3.15. The molecule has 0 bridgehead atoms. The number of nitrogens with zero attached hydrogens (tertiary/aromatic N) is 3. The van der Waals surface area contributed by atoms with Crippen LogP contribution >= 0.6 is 35.0 Å². The van der Waals surface area contributed by atoms with Crippen molar-refractivity contribution in [3.05, 3.63) is 94.2 Å². The molecular formula is C24H21Cl2N3O2S. The van der Waals surface area contributed by atoms with Gasteiger partial charge in [0.2, 0.25) is 0 Å². The molecule has 1 unspecified atom stereocenters. The molecule has 0 N–H and O–H groups in total. The van der Waals surface area contributed by atoms with Crippen molar-refractivity contribution in [2.24, 2.45) is 0 Å². The van der Waals surface area contributed by atoms with Gasteiger partial charge in [0, 0.05) is 21.5 Å². The zero-order chi connectivity index (χ0) is 22.5. The van der Waals surface area contributed by atoms with E-state index in [9.17, 15) is 0 Å². The molecule has 4 rings (SSSR count). The highest BCUT2D eigenvalue weighted by Gasteiger charge is 2.21. The summed E-state index contributed by atoms with van der Waals surface area (Å²) in [7, 11) is 1.64. The number of ether oxygens (including phenoxy) is 2. The summed E-state index contributed by atoms with van der Waals surface area (Å²) >= 11 is 13.9. The first-order chi connectivity index (χ1) is 15.5. The van der Waals surface area contributed by atoms with Crippen molar-refractivity contribution in [2.75, 3.05) is 7.11 Å². The Hall–Kier alpha value is -2.67. The summed E-state index contributed by atoms with van der Waals surface area (Å²) in [5.74, 6) is 2.84. The molecule has 0 amide bonds. The minimum absolute atomic E-state index is 0.329. The highest BCUT2D eigenvalue weighted by atomic mass is 35.5. The van der Waals surface area contributed by atoms with Crippen LogP contribution < -0.4 is 9.47 Å². The molecule has 4 aromatic rings. The normalized spacial score (nSPS) is 11.9. The third-order valence-electron chi connectivity index (χ3n) is 4.78. The molecule has 1 aromatic heterocycles. The zero-order valence-corrected chi connectivity index (χ0v) is 19.9. The van der Waals surface area contributed by atoms with Crippen molar-refractivity contribution in [2.45, 2.75) is 23.9 Å². The molecule has 0 saturated carbocycles. The second-order valence-electron chi connectivity index (χ2n) is 6.97. The van der Waals surface area contributed by atoms with Crippen molar-refractivity contribution in [3.8, 4) is 17.2 Å². The van der Waals surface area contributed by atoms with Crippen LogP contribution in [0.4, 0.5) is 0 Å². The van der Waals surface area contributed by atoms with Gasteiger partial charge in [-0.15, -0.1) is 10.2 Å². The minimum Gasteiger partial charge on any atom is -0.497 e. The number of hydrogen-bond donors (Lipinski definition) is 0. The van der Waals surface area contributed by atoms with Crippen molar-refractivity contribution in [1.82, 2.24) is 14.8 Å². The van der Waals surface area contributed by atoms with Gasteiger partial charge in [0.15, 0.2) is 17.1 Å². The Bertz CT molecular complexity index is 1180. The highest BCUT2D eigenvalue weighted by molar-refractivity contribution is 7.98. The van der Waals surface area contributed by atoms with Crippen LogP contribution in [0.5, 0.6) is 11.5 Å². The first-order valence-electron chi connectivity index (χ1n) is 9.93. The van der Waals surface area contributed by atoms with E-state index in [2.05, 4.69) is 10.2 Å². The molecule has 0 aliphatic heterocycles. The standard InChI is InChI=1S/C24H21Cl2N3O2S/c1-16(31-21-12-10-20(30-2)11-13-21)23-27-28-24(29(23)19-6-4-3-5-7-19)32-15-17-8-9-18(25)14-22(17)26/h3-14,16H,15H2,1-2H3. The van der Waals surface area contributed by atoms with E-state index in [1.165, 1.54) is 0 Å². The van der Waals surface area contributed by atoms with Gasteiger partial charge in [-0.05, 0) is 61.0 Å². The molecular weight excluding hydrogens is 465 g/mol. The van der Waals surface area contributed by atoms with E-state index >= 15 is 0 Å². The van der Waals surface area contributed by atoms with Crippen molar-refractivity contribution >= 4 is 35.0 Å². The molecule has 0 spiro atoms. The number of methoxy groups -OCH3 is 1. The van der Waals surface area contributed by atoms with E-state index in [-0.39, 0.29) is 6.10 Å². The van der Waals surface area contributed by atoms with Crippen molar-refractivity contribution < 1.29 is 9.47 Å². The summed E-state index contributed by atoms with van der Waals surface area (Å²) in [5, 5.41) is 10.9. The van der Waals surface area contributed by atoms with Crippen LogP contribution in [0.15, 0.2) is 78.0 Å². The molecule has 0 fully saturated rings. The maximum atomic E-state index is 6.35. The van der Waals surface area contributed by atoms with Gasteiger partial charge in [0.25, 0.3) is 0 Å². The van der Waals surface area contributed by atoms with Crippen LogP contribution in [-0.2, 0) is 5.75 Å². The first-order valence-corrected chi connectivity index (χ1v) is 11.7. The molecule has 3 aromatic carbocycles. The number of benzene rings is 3. The molecule has 0 saturated heterocycles. The van der Waals surface area contributed by atoms with Crippen LogP contribution in [0.3, 0.4) is 0 Å². The Morgan fingerprint density at radius 1 is 0.938 bits per heavy atom. The molecule has 32 heavy (non-hydrogen) atoms. The van der Waals surface area contributed by atoms with Gasteiger partial charge in [0.05, 0.1) is 7.11 Å². The SMILES string of the molecule is COc1ccc(OC(C)c2nnc(SCc3ccc(Cl)cc3Cl)n2-c2ccccc2)cc1. The Morgan fingerprint density at radius 3 is 2.34 bits per heavy atom.